The maximum Gasteiger partial charge on any atom is 0.270 e. The molecule has 1 fully saturated rings. The summed E-state index contributed by atoms with van der Waals surface area (Å²) in [5.41, 5.74) is 2.53. The van der Waals surface area contributed by atoms with Gasteiger partial charge in [-0.1, -0.05) is 36.1 Å². The Morgan fingerprint density at radius 1 is 1.19 bits per heavy atom. The lowest BCUT2D eigenvalue weighted by Gasteiger charge is -2.14. The number of thioether (sulfide) groups is 1. The molecule has 1 aliphatic rings. The van der Waals surface area contributed by atoms with Crippen LogP contribution in [0.5, 0.6) is 11.5 Å². The topological polar surface area (TPSA) is 106 Å². The fraction of sp³-hybridized carbons (Fsp3) is 0.0800. The minimum atomic E-state index is -0.503. The van der Waals surface area contributed by atoms with Crippen LogP contribution in [0, 0.1) is 21.4 Å². The highest BCUT2D eigenvalue weighted by Gasteiger charge is 2.33. The van der Waals surface area contributed by atoms with Crippen LogP contribution in [-0.2, 0) is 11.4 Å². The molecular formula is C25H16BrN3O5S2. The Morgan fingerprint density at radius 2 is 1.89 bits per heavy atom. The molecule has 1 heterocycles. The normalized spacial score (nSPS) is 14.1. The molecule has 180 valence electrons. The molecule has 0 N–H and O–H groups in total. The lowest BCUT2D eigenvalue weighted by atomic mass is 10.1. The number of thiocarbonyl (C=S) groups is 1. The molecule has 0 radical (unpaired) electrons. The van der Waals surface area contributed by atoms with Gasteiger partial charge in [-0.2, -0.15) is 5.26 Å². The van der Waals surface area contributed by atoms with Gasteiger partial charge in [0.25, 0.3) is 11.6 Å². The summed E-state index contributed by atoms with van der Waals surface area (Å²) < 4.78 is 12.4. The van der Waals surface area contributed by atoms with Gasteiger partial charge in [0.1, 0.15) is 6.61 Å². The minimum Gasteiger partial charge on any atom is -0.493 e. The zero-order chi connectivity index (χ0) is 25.8. The maximum absolute atomic E-state index is 13.1. The van der Waals surface area contributed by atoms with Gasteiger partial charge in [0.15, 0.2) is 15.8 Å². The van der Waals surface area contributed by atoms with Crippen molar-refractivity contribution in [2.45, 2.75) is 6.61 Å². The Kier molecular flexibility index (Phi) is 7.69. The highest BCUT2D eigenvalue weighted by Crippen LogP contribution is 2.40. The second-order valence-electron chi connectivity index (χ2n) is 7.42. The first kappa shape index (κ1) is 25.4. The summed E-state index contributed by atoms with van der Waals surface area (Å²) in [6.07, 6.45) is 1.70. The van der Waals surface area contributed by atoms with E-state index in [1.54, 1.807) is 30.3 Å². The van der Waals surface area contributed by atoms with Crippen LogP contribution in [0.4, 0.5) is 11.4 Å². The largest absolute Gasteiger partial charge is 0.493 e. The van der Waals surface area contributed by atoms with E-state index < -0.39 is 4.92 Å². The van der Waals surface area contributed by atoms with Gasteiger partial charge in [-0.25, -0.2) is 0 Å². The van der Waals surface area contributed by atoms with Crippen molar-refractivity contribution in [2.75, 3.05) is 12.0 Å². The minimum absolute atomic E-state index is 0.0711. The lowest BCUT2D eigenvalue weighted by molar-refractivity contribution is -0.384. The van der Waals surface area contributed by atoms with Crippen LogP contribution >= 0.6 is 39.9 Å². The Bertz CT molecular complexity index is 1430. The van der Waals surface area contributed by atoms with Crippen LogP contribution in [0.2, 0.25) is 0 Å². The van der Waals surface area contributed by atoms with Gasteiger partial charge in [-0.05, 0) is 69.5 Å². The molecular weight excluding hydrogens is 566 g/mol. The Morgan fingerprint density at radius 3 is 2.50 bits per heavy atom. The van der Waals surface area contributed by atoms with Crippen molar-refractivity contribution in [1.82, 2.24) is 0 Å². The van der Waals surface area contributed by atoms with Crippen molar-refractivity contribution in [3.8, 4) is 17.6 Å². The number of carbonyl (C=O) groups excluding carboxylic acids is 1. The number of benzene rings is 3. The molecule has 0 aliphatic carbocycles. The molecule has 0 saturated carbocycles. The number of nitro groups is 1. The van der Waals surface area contributed by atoms with E-state index in [0.717, 1.165) is 17.3 Å². The van der Waals surface area contributed by atoms with Crippen molar-refractivity contribution in [3.63, 3.8) is 0 Å². The third-order valence-corrected chi connectivity index (χ3v) is 7.02. The zero-order valence-corrected chi connectivity index (χ0v) is 21.9. The molecule has 1 aliphatic heterocycles. The Labute approximate surface area is 224 Å². The van der Waals surface area contributed by atoms with Gasteiger partial charge in [-0.15, -0.1) is 0 Å². The van der Waals surface area contributed by atoms with Crippen LogP contribution in [0.25, 0.3) is 6.08 Å². The third kappa shape index (κ3) is 5.41. The number of ether oxygens (including phenoxy) is 2. The molecule has 3 aromatic rings. The van der Waals surface area contributed by atoms with Gasteiger partial charge in [0.05, 0.1) is 38.7 Å². The fourth-order valence-electron chi connectivity index (χ4n) is 3.36. The number of amides is 1. The van der Waals surface area contributed by atoms with E-state index in [9.17, 15) is 14.9 Å². The van der Waals surface area contributed by atoms with Crippen LogP contribution in [0.3, 0.4) is 0 Å². The summed E-state index contributed by atoms with van der Waals surface area (Å²) in [6.45, 7) is 0.272. The number of halogens is 1. The van der Waals surface area contributed by atoms with Gasteiger partial charge in [0, 0.05) is 12.1 Å². The number of nitro benzene ring substituents is 1. The first-order chi connectivity index (χ1) is 17.3. The number of carbonyl (C=O) groups is 1. The number of nitrogens with zero attached hydrogens (tertiary/aromatic N) is 3. The highest BCUT2D eigenvalue weighted by molar-refractivity contribution is 9.10. The summed E-state index contributed by atoms with van der Waals surface area (Å²) in [4.78, 5) is 25.2. The molecule has 3 aromatic carbocycles. The van der Waals surface area contributed by atoms with E-state index in [1.807, 2.05) is 12.1 Å². The molecule has 0 bridgehead atoms. The van der Waals surface area contributed by atoms with Crippen molar-refractivity contribution in [2.24, 2.45) is 0 Å². The number of hydrogen-bond acceptors (Lipinski definition) is 8. The van der Waals surface area contributed by atoms with Crippen molar-refractivity contribution in [3.05, 3.63) is 96.8 Å². The predicted molar refractivity (Wildman–Crippen MR) is 145 cm³/mol. The second-order valence-corrected chi connectivity index (χ2v) is 9.95. The van der Waals surface area contributed by atoms with Gasteiger partial charge >= 0.3 is 0 Å². The molecule has 1 amide bonds. The first-order valence-electron chi connectivity index (χ1n) is 10.3. The van der Waals surface area contributed by atoms with Crippen LogP contribution in [0.1, 0.15) is 16.7 Å². The summed E-state index contributed by atoms with van der Waals surface area (Å²) >= 11 is 10.0. The molecule has 0 spiro atoms. The summed E-state index contributed by atoms with van der Waals surface area (Å²) in [7, 11) is 1.52. The fourth-order valence-corrected chi connectivity index (χ4v) is 5.23. The van der Waals surface area contributed by atoms with E-state index in [4.69, 9.17) is 27.0 Å². The van der Waals surface area contributed by atoms with Crippen LogP contribution < -0.4 is 14.4 Å². The second kappa shape index (κ2) is 10.9. The first-order valence-corrected chi connectivity index (χ1v) is 12.3. The zero-order valence-electron chi connectivity index (χ0n) is 18.6. The summed E-state index contributed by atoms with van der Waals surface area (Å²) in [5.74, 6) is 0.641. The van der Waals surface area contributed by atoms with E-state index >= 15 is 0 Å². The van der Waals surface area contributed by atoms with E-state index in [1.165, 1.54) is 36.3 Å². The van der Waals surface area contributed by atoms with E-state index in [0.29, 0.717) is 42.0 Å². The number of methoxy groups -OCH3 is 1. The molecule has 11 heteroatoms. The summed E-state index contributed by atoms with van der Waals surface area (Å²) in [6, 6.07) is 18.4. The molecule has 8 nitrogen and oxygen atoms in total. The number of nitriles is 1. The van der Waals surface area contributed by atoms with E-state index in [-0.39, 0.29) is 18.2 Å². The Balaban J connectivity index is 1.55. The number of rotatable bonds is 7. The molecule has 0 aromatic heterocycles. The quantitative estimate of drug-likeness (QED) is 0.140. The average Bonchev–Trinajstić information content (AvgIpc) is 3.15. The van der Waals surface area contributed by atoms with Crippen LogP contribution in [-0.4, -0.2) is 22.3 Å². The SMILES string of the molecule is COc1cc(/C=C2\SC(=S)N(c3ccc([N+](=O)[O-])cc3)C2=O)cc(Br)c1OCc1ccc(C#N)cc1. The summed E-state index contributed by atoms with van der Waals surface area (Å²) in [5, 5.41) is 19.8. The number of hydrogen-bond donors (Lipinski definition) is 0. The molecule has 1 saturated heterocycles. The predicted octanol–water partition coefficient (Wildman–Crippen LogP) is 6.22. The molecule has 4 rings (SSSR count). The monoisotopic (exact) mass is 581 g/mol. The Hall–Kier alpha value is -3.72. The van der Waals surface area contributed by atoms with Crippen molar-refractivity contribution < 1.29 is 19.2 Å². The average molecular weight is 582 g/mol. The molecule has 0 atom stereocenters. The van der Waals surface area contributed by atoms with Gasteiger partial charge < -0.3 is 9.47 Å². The lowest BCUT2D eigenvalue weighted by Crippen LogP contribution is -2.27. The maximum atomic E-state index is 13.1. The smallest absolute Gasteiger partial charge is 0.270 e. The van der Waals surface area contributed by atoms with Crippen LogP contribution in [0.15, 0.2) is 70.0 Å². The standard InChI is InChI=1S/C25H16BrN3O5S2/c1-33-21-11-17(10-20(26)23(21)34-14-16-4-2-15(13-27)3-5-16)12-22-24(30)28(25(35)36-22)18-6-8-19(9-7-18)29(31)32/h2-12H,14H2,1H3/b22-12-. The number of non-ortho nitro benzene ring substituents is 1. The third-order valence-electron chi connectivity index (χ3n) is 5.13. The van der Waals surface area contributed by atoms with Crippen molar-refractivity contribution in [1.29, 1.82) is 5.26 Å². The van der Waals surface area contributed by atoms with Crippen molar-refractivity contribution >= 4 is 67.6 Å². The highest BCUT2D eigenvalue weighted by atomic mass is 79.9. The molecule has 0 unspecified atom stereocenters. The van der Waals surface area contributed by atoms with Gasteiger partial charge in [0.2, 0.25) is 0 Å². The number of anilines is 1. The van der Waals surface area contributed by atoms with Gasteiger partial charge in [-0.3, -0.25) is 19.8 Å². The van der Waals surface area contributed by atoms with E-state index in [2.05, 4.69) is 22.0 Å². The molecule has 36 heavy (non-hydrogen) atoms.